The maximum absolute atomic E-state index is 4.17. The van der Waals surface area contributed by atoms with Gasteiger partial charge in [0.1, 0.15) is 0 Å². The van der Waals surface area contributed by atoms with Crippen LogP contribution in [0.1, 0.15) is 24.2 Å². The van der Waals surface area contributed by atoms with Gasteiger partial charge in [-0.25, -0.2) is 0 Å². The molecule has 1 N–H and O–H groups in total. The van der Waals surface area contributed by atoms with Gasteiger partial charge in [0.05, 0.1) is 5.69 Å². The van der Waals surface area contributed by atoms with Crippen LogP contribution in [0.3, 0.4) is 0 Å². The Balaban J connectivity index is 1.96. The Hall–Kier alpha value is -1.81. The first kappa shape index (κ1) is 13.6. The van der Waals surface area contributed by atoms with Gasteiger partial charge in [0.15, 0.2) is 0 Å². The van der Waals surface area contributed by atoms with Crippen LogP contribution in [-0.4, -0.2) is 23.9 Å². The van der Waals surface area contributed by atoms with Crippen LogP contribution < -0.4 is 10.2 Å². The van der Waals surface area contributed by atoms with Crippen molar-refractivity contribution in [3.63, 3.8) is 0 Å². The molecule has 4 nitrogen and oxygen atoms in total. The molecule has 1 heterocycles. The molecule has 19 heavy (non-hydrogen) atoms. The maximum atomic E-state index is 4.17. The third-order valence-electron chi connectivity index (χ3n) is 3.42. The van der Waals surface area contributed by atoms with E-state index in [9.17, 15) is 0 Å². The van der Waals surface area contributed by atoms with Crippen LogP contribution in [0.4, 0.5) is 5.69 Å². The van der Waals surface area contributed by atoms with Crippen LogP contribution in [0.15, 0.2) is 36.5 Å². The highest BCUT2D eigenvalue weighted by atomic mass is 15.3. The minimum atomic E-state index is 0.325. The summed E-state index contributed by atoms with van der Waals surface area (Å²) in [6.45, 7) is 3.01. The predicted molar refractivity (Wildman–Crippen MR) is 79.2 cm³/mol. The molecule has 0 fully saturated rings. The molecule has 0 aliphatic heterocycles. The summed E-state index contributed by atoms with van der Waals surface area (Å²) in [7, 11) is 6.08. The highest BCUT2D eigenvalue weighted by Gasteiger charge is 2.06. The molecule has 1 atom stereocenters. The van der Waals surface area contributed by atoms with Crippen molar-refractivity contribution < 1.29 is 0 Å². The van der Waals surface area contributed by atoms with E-state index in [0.717, 1.165) is 6.54 Å². The Morgan fingerprint density at radius 2 is 1.89 bits per heavy atom. The van der Waals surface area contributed by atoms with Crippen LogP contribution in [0.25, 0.3) is 0 Å². The highest BCUT2D eigenvalue weighted by Crippen LogP contribution is 2.17. The lowest BCUT2D eigenvalue weighted by Crippen LogP contribution is -2.20. The van der Waals surface area contributed by atoms with Crippen LogP contribution in [0.2, 0.25) is 0 Å². The Morgan fingerprint density at radius 1 is 1.21 bits per heavy atom. The first-order valence-corrected chi connectivity index (χ1v) is 6.55. The van der Waals surface area contributed by atoms with E-state index in [2.05, 4.69) is 60.6 Å². The summed E-state index contributed by atoms with van der Waals surface area (Å²) in [6, 6.07) is 11.0. The van der Waals surface area contributed by atoms with Gasteiger partial charge < -0.3 is 10.2 Å². The number of aromatic nitrogens is 2. The molecule has 0 saturated carbocycles. The van der Waals surface area contributed by atoms with Crippen LogP contribution in [-0.2, 0) is 13.6 Å². The normalized spacial score (nSPS) is 12.4. The minimum absolute atomic E-state index is 0.325. The largest absolute Gasteiger partial charge is 0.378 e. The van der Waals surface area contributed by atoms with Gasteiger partial charge in [-0.3, -0.25) is 4.68 Å². The van der Waals surface area contributed by atoms with Gasteiger partial charge in [0, 0.05) is 45.6 Å². The maximum Gasteiger partial charge on any atom is 0.0518 e. The molecule has 0 saturated heterocycles. The zero-order valence-electron chi connectivity index (χ0n) is 12.1. The van der Waals surface area contributed by atoms with E-state index in [1.807, 2.05) is 24.0 Å². The molecule has 2 aromatic rings. The summed E-state index contributed by atoms with van der Waals surface area (Å²) >= 11 is 0. The predicted octanol–water partition coefficient (Wildman–Crippen LogP) is 2.34. The van der Waals surface area contributed by atoms with Crippen LogP contribution >= 0.6 is 0 Å². The second-order valence-electron chi connectivity index (χ2n) is 5.03. The summed E-state index contributed by atoms with van der Waals surface area (Å²) in [4.78, 5) is 2.11. The number of aryl methyl sites for hydroxylation is 1. The van der Waals surface area contributed by atoms with Gasteiger partial charge in [-0.05, 0) is 30.7 Å². The summed E-state index contributed by atoms with van der Waals surface area (Å²) in [5.74, 6) is 0. The fourth-order valence-corrected chi connectivity index (χ4v) is 2.01. The third kappa shape index (κ3) is 3.35. The van der Waals surface area contributed by atoms with E-state index in [4.69, 9.17) is 0 Å². The molecule has 1 aromatic heterocycles. The fourth-order valence-electron chi connectivity index (χ4n) is 2.01. The number of hydrogen-bond donors (Lipinski definition) is 1. The average Bonchev–Trinajstić information content (AvgIpc) is 2.81. The van der Waals surface area contributed by atoms with Gasteiger partial charge in [-0.15, -0.1) is 0 Å². The summed E-state index contributed by atoms with van der Waals surface area (Å²) in [5.41, 5.74) is 3.71. The SMILES string of the molecule is CC(NCc1ccnn1C)c1ccc(N(C)C)cc1. The van der Waals surface area contributed by atoms with E-state index in [-0.39, 0.29) is 0 Å². The lowest BCUT2D eigenvalue weighted by atomic mass is 10.1. The van der Waals surface area contributed by atoms with Gasteiger partial charge in [-0.1, -0.05) is 12.1 Å². The average molecular weight is 258 g/mol. The smallest absolute Gasteiger partial charge is 0.0518 e. The fraction of sp³-hybridized carbons (Fsp3) is 0.400. The first-order valence-electron chi connectivity index (χ1n) is 6.55. The van der Waals surface area contributed by atoms with Crippen molar-refractivity contribution in [1.82, 2.24) is 15.1 Å². The molecule has 4 heteroatoms. The minimum Gasteiger partial charge on any atom is -0.378 e. The molecule has 0 aliphatic carbocycles. The van der Waals surface area contributed by atoms with E-state index >= 15 is 0 Å². The van der Waals surface area contributed by atoms with E-state index in [1.165, 1.54) is 16.9 Å². The van der Waals surface area contributed by atoms with Gasteiger partial charge >= 0.3 is 0 Å². The summed E-state index contributed by atoms with van der Waals surface area (Å²) < 4.78 is 1.90. The van der Waals surface area contributed by atoms with Crippen LogP contribution in [0, 0.1) is 0 Å². The molecule has 1 unspecified atom stereocenters. The highest BCUT2D eigenvalue weighted by molar-refractivity contribution is 5.46. The molecule has 0 bridgehead atoms. The third-order valence-corrected chi connectivity index (χ3v) is 3.42. The number of hydrogen-bond acceptors (Lipinski definition) is 3. The monoisotopic (exact) mass is 258 g/mol. The van der Waals surface area contributed by atoms with E-state index < -0.39 is 0 Å². The number of benzene rings is 1. The molecule has 0 amide bonds. The number of nitrogens with zero attached hydrogens (tertiary/aromatic N) is 3. The molecule has 0 radical (unpaired) electrons. The van der Waals surface area contributed by atoms with Gasteiger partial charge in [0.2, 0.25) is 0 Å². The van der Waals surface area contributed by atoms with Crippen molar-refractivity contribution >= 4 is 5.69 Å². The van der Waals surface area contributed by atoms with E-state index in [1.54, 1.807) is 0 Å². The zero-order valence-corrected chi connectivity index (χ0v) is 12.1. The molecular weight excluding hydrogens is 236 g/mol. The Morgan fingerprint density at radius 3 is 2.42 bits per heavy atom. The van der Waals surface area contributed by atoms with Crippen molar-refractivity contribution in [2.75, 3.05) is 19.0 Å². The lowest BCUT2D eigenvalue weighted by Gasteiger charge is -2.17. The summed E-state index contributed by atoms with van der Waals surface area (Å²) in [6.07, 6.45) is 1.83. The van der Waals surface area contributed by atoms with Crippen molar-refractivity contribution in [1.29, 1.82) is 0 Å². The number of rotatable bonds is 5. The molecule has 102 valence electrons. The van der Waals surface area contributed by atoms with E-state index in [0.29, 0.717) is 6.04 Å². The Kier molecular flexibility index (Phi) is 4.22. The molecule has 0 spiro atoms. The quantitative estimate of drug-likeness (QED) is 0.893. The number of nitrogens with one attached hydrogen (secondary N) is 1. The van der Waals surface area contributed by atoms with Gasteiger partial charge in [-0.2, -0.15) is 5.10 Å². The van der Waals surface area contributed by atoms with Crippen molar-refractivity contribution in [2.24, 2.45) is 7.05 Å². The van der Waals surface area contributed by atoms with Crippen molar-refractivity contribution in [2.45, 2.75) is 19.5 Å². The number of anilines is 1. The Bertz CT molecular complexity index is 513. The first-order chi connectivity index (χ1) is 9.08. The second kappa shape index (κ2) is 5.89. The standard InChI is InChI=1S/C15H22N4/c1-12(16-11-15-9-10-17-19(15)4)13-5-7-14(8-6-13)18(2)3/h5-10,12,16H,11H2,1-4H3. The Labute approximate surface area is 115 Å². The summed E-state index contributed by atoms with van der Waals surface area (Å²) in [5, 5.41) is 7.69. The molecular formula is C15H22N4. The van der Waals surface area contributed by atoms with Crippen LogP contribution in [0.5, 0.6) is 0 Å². The molecule has 1 aromatic carbocycles. The lowest BCUT2D eigenvalue weighted by molar-refractivity contribution is 0.548. The zero-order chi connectivity index (χ0) is 13.8. The van der Waals surface area contributed by atoms with Crippen molar-refractivity contribution in [3.05, 3.63) is 47.8 Å². The molecule has 2 rings (SSSR count). The topological polar surface area (TPSA) is 33.1 Å². The van der Waals surface area contributed by atoms with Crippen molar-refractivity contribution in [3.8, 4) is 0 Å². The van der Waals surface area contributed by atoms with Gasteiger partial charge in [0.25, 0.3) is 0 Å². The second-order valence-corrected chi connectivity index (χ2v) is 5.03. The molecule has 0 aliphatic rings.